The van der Waals surface area contributed by atoms with Crippen LogP contribution < -0.4 is 10.5 Å². The van der Waals surface area contributed by atoms with E-state index in [0.717, 1.165) is 0 Å². The summed E-state index contributed by atoms with van der Waals surface area (Å²) in [4.78, 5) is 10.9. The van der Waals surface area contributed by atoms with Crippen molar-refractivity contribution in [3.05, 3.63) is 54.0 Å². The third-order valence-electron chi connectivity index (χ3n) is 2.47. The molecule has 0 saturated carbocycles. The lowest BCUT2D eigenvalue weighted by atomic mass is 10.2. The van der Waals surface area contributed by atoms with Gasteiger partial charge in [0, 0.05) is 5.56 Å². The fourth-order valence-corrected chi connectivity index (χ4v) is 2.45. The minimum absolute atomic E-state index is 0.0593. The van der Waals surface area contributed by atoms with E-state index in [4.69, 9.17) is 10.2 Å². The highest BCUT2D eigenvalue weighted by Crippen LogP contribution is 2.11. The predicted octanol–water partition coefficient (Wildman–Crippen LogP) is 0.857. The quantitative estimate of drug-likeness (QED) is 0.847. The standard InChI is InChI=1S/C12H12N2O4S/c13-12(15)9-3-5-11(6-4-9)19(16,17)14-8-10-2-1-7-18-10/h1-7,14H,8H2,(H2,13,15). The van der Waals surface area contributed by atoms with Gasteiger partial charge in [-0.1, -0.05) is 0 Å². The molecule has 0 aliphatic carbocycles. The SMILES string of the molecule is NC(=O)c1ccc(S(=O)(=O)NCc2ccco2)cc1. The van der Waals surface area contributed by atoms with Crippen LogP contribution >= 0.6 is 0 Å². The smallest absolute Gasteiger partial charge is 0.248 e. The molecule has 1 heterocycles. The van der Waals surface area contributed by atoms with Crippen molar-refractivity contribution in [2.75, 3.05) is 0 Å². The average molecular weight is 280 g/mol. The van der Waals surface area contributed by atoms with Crippen LogP contribution in [0, 0.1) is 0 Å². The first-order chi connectivity index (χ1) is 8.99. The number of nitrogens with one attached hydrogen (secondary N) is 1. The summed E-state index contributed by atoms with van der Waals surface area (Å²) in [6.07, 6.45) is 1.46. The lowest BCUT2D eigenvalue weighted by Crippen LogP contribution is -2.23. The number of amides is 1. The van der Waals surface area contributed by atoms with Crippen molar-refractivity contribution < 1.29 is 17.6 Å². The normalized spacial score (nSPS) is 11.4. The summed E-state index contributed by atoms with van der Waals surface area (Å²) in [6.45, 7) is 0.0624. The van der Waals surface area contributed by atoms with Gasteiger partial charge in [0.15, 0.2) is 0 Å². The molecule has 0 fully saturated rings. The third-order valence-corrected chi connectivity index (χ3v) is 3.88. The molecular formula is C12H12N2O4S. The summed E-state index contributed by atoms with van der Waals surface area (Å²) < 4.78 is 31.3. The lowest BCUT2D eigenvalue weighted by Gasteiger charge is -2.05. The first-order valence-electron chi connectivity index (χ1n) is 5.41. The van der Waals surface area contributed by atoms with Crippen molar-refractivity contribution >= 4 is 15.9 Å². The molecule has 0 bridgehead atoms. The zero-order valence-electron chi connectivity index (χ0n) is 9.87. The number of sulfonamides is 1. The average Bonchev–Trinajstić information content (AvgIpc) is 2.90. The molecule has 0 atom stereocenters. The van der Waals surface area contributed by atoms with Crippen molar-refractivity contribution in [1.82, 2.24) is 4.72 Å². The van der Waals surface area contributed by atoms with Crippen molar-refractivity contribution in [3.8, 4) is 0 Å². The monoisotopic (exact) mass is 280 g/mol. The fourth-order valence-electron chi connectivity index (χ4n) is 1.46. The van der Waals surface area contributed by atoms with E-state index in [2.05, 4.69) is 4.72 Å². The Balaban J connectivity index is 2.13. The van der Waals surface area contributed by atoms with Crippen molar-refractivity contribution in [1.29, 1.82) is 0 Å². The van der Waals surface area contributed by atoms with E-state index in [1.165, 1.54) is 30.5 Å². The van der Waals surface area contributed by atoms with Gasteiger partial charge in [-0.25, -0.2) is 13.1 Å². The van der Waals surface area contributed by atoms with Crippen molar-refractivity contribution in [2.24, 2.45) is 5.73 Å². The van der Waals surface area contributed by atoms with Crippen molar-refractivity contribution in [2.45, 2.75) is 11.4 Å². The summed E-state index contributed by atoms with van der Waals surface area (Å²) in [5.74, 6) is -0.0928. The van der Waals surface area contributed by atoms with Gasteiger partial charge in [-0.3, -0.25) is 4.79 Å². The molecule has 1 amide bonds. The molecule has 2 rings (SSSR count). The van der Waals surface area contributed by atoms with E-state index in [-0.39, 0.29) is 17.0 Å². The molecule has 0 spiro atoms. The van der Waals surface area contributed by atoms with Gasteiger partial charge in [0.25, 0.3) is 0 Å². The zero-order chi connectivity index (χ0) is 13.9. The summed E-state index contributed by atoms with van der Waals surface area (Å²) in [6, 6.07) is 8.71. The lowest BCUT2D eigenvalue weighted by molar-refractivity contribution is 0.1000. The number of furan rings is 1. The van der Waals surface area contributed by atoms with Crippen LogP contribution in [0.3, 0.4) is 0 Å². The van der Waals surface area contributed by atoms with Gasteiger partial charge in [0.1, 0.15) is 5.76 Å². The van der Waals surface area contributed by atoms with Gasteiger partial charge < -0.3 is 10.2 Å². The highest BCUT2D eigenvalue weighted by Gasteiger charge is 2.14. The van der Waals surface area contributed by atoms with E-state index in [9.17, 15) is 13.2 Å². The Morgan fingerprint density at radius 2 is 1.89 bits per heavy atom. The Hall–Kier alpha value is -2.12. The number of carbonyl (C=O) groups is 1. The summed E-state index contributed by atoms with van der Waals surface area (Å²) in [5.41, 5.74) is 5.33. The second kappa shape index (κ2) is 5.25. The molecule has 100 valence electrons. The molecule has 2 aromatic rings. The van der Waals surface area contributed by atoms with Gasteiger partial charge in [0.2, 0.25) is 15.9 Å². The fraction of sp³-hybridized carbons (Fsp3) is 0.0833. The second-order valence-corrected chi connectivity index (χ2v) is 5.56. The van der Waals surface area contributed by atoms with Gasteiger partial charge in [0.05, 0.1) is 17.7 Å². The minimum Gasteiger partial charge on any atom is -0.468 e. The Morgan fingerprint density at radius 1 is 1.21 bits per heavy atom. The van der Waals surface area contributed by atoms with Gasteiger partial charge in [-0.05, 0) is 36.4 Å². The van der Waals surface area contributed by atoms with Crippen LogP contribution in [0.4, 0.5) is 0 Å². The van der Waals surface area contributed by atoms with Gasteiger partial charge in [-0.2, -0.15) is 0 Å². The number of carbonyl (C=O) groups excluding carboxylic acids is 1. The molecule has 6 nitrogen and oxygen atoms in total. The first-order valence-corrected chi connectivity index (χ1v) is 6.89. The Kier molecular flexibility index (Phi) is 3.68. The maximum Gasteiger partial charge on any atom is 0.248 e. The van der Waals surface area contributed by atoms with Gasteiger partial charge in [-0.15, -0.1) is 0 Å². The highest BCUT2D eigenvalue weighted by molar-refractivity contribution is 7.89. The molecular weight excluding hydrogens is 268 g/mol. The zero-order valence-corrected chi connectivity index (χ0v) is 10.7. The molecule has 19 heavy (non-hydrogen) atoms. The minimum atomic E-state index is -3.64. The number of nitrogens with two attached hydrogens (primary N) is 1. The molecule has 0 unspecified atom stereocenters. The maximum absolute atomic E-state index is 11.9. The Bertz CT molecular complexity index is 660. The predicted molar refractivity (Wildman–Crippen MR) is 67.7 cm³/mol. The molecule has 7 heteroatoms. The summed E-state index contributed by atoms with van der Waals surface area (Å²) in [5, 5.41) is 0. The number of primary amides is 1. The van der Waals surface area contributed by atoms with E-state index < -0.39 is 15.9 Å². The summed E-state index contributed by atoms with van der Waals surface area (Å²) >= 11 is 0. The second-order valence-electron chi connectivity index (χ2n) is 3.79. The number of benzene rings is 1. The van der Waals surface area contributed by atoms with E-state index >= 15 is 0 Å². The number of hydrogen-bond acceptors (Lipinski definition) is 4. The van der Waals surface area contributed by atoms with Crippen LogP contribution in [-0.2, 0) is 16.6 Å². The number of rotatable bonds is 5. The molecule has 0 radical (unpaired) electrons. The molecule has 0 aliphatic heterocycles. The molecule has 3 N–H and O–H groups in total. The molecule has 1 aromatic carbocycles. The van der Waals surface area contributed by atoms with Crippen LogP contribution in [0.15, 0.2) is 52.0 Å². The van der Waals surface area contributed by atoms with Crippen LogP contribution in [-0.4, -0.2) is 14.3 Å². The Morgan fingerprint density at radius 3 is 2.42 bits per heavy atom. The van der Waals surface area contributed by atoms with E-state index in [1.54, 1.807) is 12.1 Å². The molecule has 1 aromatic heterocycles. The highest BCUT2D eigenvalue weighted by atomic mass is 32.2. The van der Waals surface area contributed by atoms with Crippen LogP contribution in [0.25, 0.3) is 0 Å². The van der Waals surface area contributed by atoms with E-state index in [1.807, 2.05) is 0 Å². The third kappa shape index (κ3) is 3.21. The van der Waals surface area contributed by atoms with E-state index in [0.29, 0.717) is 5.76 Å². The van der Waals surface area contributed by atoms with Crippen molar-refractivity contribution in [3.63, 3.8) is 0 Å². The van der Waals surface area contributed by atoms with Crippen LogP contribution in [0.1, 0.15) is 16.1 Å². The largest absolute Gasteiger partial charge is 0.468 e. The topological polar surface area (TPSA) is 102 Å². The first kappa shape index (κ1) is 13.3. The number of hydrogen-bond donors (Lipinski definition) is 2. The van der Waals surface area contributed by atoms with Crippen LogP contribution in [0.5, 0.6) is 0 Å². The molecule has 0 aliphatic rings. The van der Waals surface area contributed by atoms with Crippen LogP contribution in [0.2, 0.25) is 0 Å². The maximum atomic E-state index is 11.9. The summed E-state index contributed by atoms with van der Waals surface area (Å²) in [7, 11) is -3.64. The Labute approximate surface area is 110 Å². The molecule has 0 saturated heterocycles. The van der Waals surface area contributed by atoms with Gasteiger partial charge >= 0.3 is 0 Å².